The van der Waals surface area contributed by atoms with Crippen molar-refractivity contribution in [2.24, 2.45) is 0 Å². The molecule has 2 aromatic heterocycles. The Labute approximate surface area is 135 Å². The SMILES string of the molecule is O=c1[nH]nc(-c2cnc(NC3Cc4ccc(Cl)cc4C3)nc2)o1. The first-order valence-corrected chi connectivity index (χ1v) is 7.47. The van der Waals surface area contributed by atoms with Crippen molar-refractivity contribution in [3.63, 3.8) is 0 Å². The van der Waals surface area contributed by atoms with Crippen LogP contribution in [0.2, 0.25) is 5.02 Å². The molecule has 4 rings (SSSR count). The standard InChI is InChI=1S/C15H12ClN5O2/c16-11-2-1-8-4-12(5-9(8)3-11)19-14-17-6-10(7-18-14)13-20-21-15(22)23-13/h1-3,6-7,12H,4-5H2,(H,21,22)(H,17,18,19). The molecule has 116 valence electrons. The molecular weight excluding hydrogens is 318 g/mol. The van der Waals surface area contributed by atoms with Gasteiger partial charge in [-0.1, -0.05) is 17.7 Å². The number of aromatic nitrogens is 4. The zero-order valence-corrected chi connectivity index (χ0v) is 12.7. The lowest BCUT2D eigenvalue weighted by Crippen LogP contribution is -2.20. The molecule has 23 heavy (non-hydrogen) atoms. The van der Waals surface area contributed by atoms with E-state index in [2.05, 4.69) is 31.5 Å². The minimum Gasteiger partial charge on any atom is -0.388 e. The third-order valence-electron chi connectivity index (χ3n) is 3.77. The average Bonchev–Trinajstić information content (AvgIpc) is 3.13. The van der Waals surface area contributed by atoms with E-state index in [0.29, 0.717) is 11.5 Å². The van der Waals surface area contributed by atoms with Crippen molar-refractivity contribution in [2.45, 2.75) is 18.9 Å². The maximum absolute atomic E-state index is 10.9. The predicted octanol–water partition coefficient (Wildman–Crippen LogP) is 2.05. The second-order valence-corrected chi connectivity index (χ2v) is 5.81. The maximum Gasteiger partial charge on any atom is 0.434 e. The van der Waals surface area contributed by atoms with E-state index >= 15 is 0 Å². The number of fused-ring (bicyclic) bond motifs is 1. The summed E-state index contributed by atoms with van der Waals surface area (Å²) in [5.41, 5.74) is 3.09. The second-order valence-electron chi connectivity index (χ2n) is 5.38. The number of nitrogens with one attached hydrogen (secondary N) is 2. The van der Waals surface area contributed by atoms with Crippen molar-refractivity contribution in [1.29, 1.82) is 0 Å². The molecule has 8 heteroatoms. The first-order valence-electron chi connectivity index (χ1n) is 7.09. The van der Waals surface area contributed by atoms with Crippen molar-refractivity contribution in [3.8, 4) is 11.5 Å². The Hall–Kier alpha value is -2.67. The fraction of sp³-hybridized carbons (Fsp3) is 0.200. The van der Waals surface area contributed by atoms with Crippen LogP contribution in [0.1, 0.15) is 11.1 Å². The van der Waals surface area contributed by atoms with Gasteiger partial charge in [-0.15, -0.1) is 5.10 Å². The van der Waals surface area contributed by atoms with E-state index in [1.54, 1.807) is 12.4 Å². The van der Waals surface area contributed by atoms with Gasteiger partial charge in [-0.05, 0) is 36.1 Å². The summed E-state index contributed by atoms with van der Waals surface area (Å²) in [5, 5.41) is 10.00. The predicted molar refractivity (Wildman–Crippen MR) is 84.4 cm³/mol. The monoisotopic (exact) mass is 329 g/mol. The summed E-state index contributed by atoms with van der Waals surface area (Å²) < 4.78 is 4.86. The van der Waals surface area contributed by atoms with Crippen LogP contribution in [-0.4, -0.2) is 26.2 Å². The van der Waals surface area contributed by atoms with Gasteiger partial charge in [-0.3, -0.25) is 0 Å². The van der Waals surface area contributed by atoms with Gasteiger partial charge in [0.05, 0.1) is 5.56 Å². The van der Waals surface area contributed by atoms with E-state index in [9.17, 15) is 4.79 Å². The number of hydrogen-bond acceptors (Lipinski definition) is 6. The van der Waals surface area contributed by atoms with Gasteiger partial charge in [0.2, 0.25) is 5.95 Å². The molecule has 1 aliphatic carbocycles. The van der Waals surface area contributed by atoms with Gasteiger partial charge in [0.25, 0.3) is 5.89 Å². The quantitative estimate of drug-likeness (QED) is 0.763. The second kappa shape index (κ2) is 5.51. The van der Waals surface area contributed by atoms with Crippen molar-refractivity contribution < 1.29 is 4.42 Å². The molecular formula is C15H12ClN5O2. The zero-order valence-electron chi connectivity index (χ0n) is 11.9. The molecule has 1 aromatic carbocycles. The Balaban J connectivity index is 1.47. The van der Waals surface area contributed by atoms with Gasteiger partial charge in [0, 0.05) is 23.5 Å². The Morgan fingerprint density at radius 1 is 1.22 bits per heavy atom. The highest BCUT2D eigenvalue weighted by atomic mass is 35.5. The molecule has 0 amide bonds. The minimum absolute atomic E-state index is 0.171. The van der Waals surface area contributed by atoms with Gasteiger partial charge in [-0.2, -0.15) is 0 Å². The molecule has 2 N–H and O–H groups in total. The van der Waals surface area contributed by atoms with Crippen molar-refractivity contribution in [1.82, 2.24) is 20.2 Å². The lowest BCUT2D eigenvalue weighted by molar-refractivity contribution is 0.526. The van der Waals surface area contributed by atoms with E-state index in [0.717, 1.165) is 17.9 Å². The summed E-state index contributed by atoms with van der Waals surface area (Å²) in [6.07, 6.45) is 4.92. The summed E-state index contributed by atoms with van der Waals surface area (Å²) in [5.74, 6) is 0.0876. The zero-order chi connectivity index (χ0) is 15.8. The topological polar surface area (TPSA) is 96.7 Å². The van der Waals surface area contributed by atoms with Crippen LogP contribution in [0.25, 0.3) is 11.5 Å². The van der Waals surface area contributed by atoms with Crippen LogP contribution in [0.5, 0.6) is 0 Å². The number of hydrogen-bond donors (Lipinski definition) is 2. The third kappa shape index (κ3) is 2.83. The van der Waals surface area contributed by atoms with Crippen molar-refractivity contribution >= 4 is 17.5 Å². The van der Waals surface area contributed by atoms with E-state index in [1.165, 1.54) is 11.1 Å². The van der Waals surface area contributed by atoms with Gasteiger partial charge in [0.15, 0.2) is 0 Å². The Kier molecular flexibility index (Phi) is 3.34. The molecule has 1 atom stereocenters. The highest BCUT2D eigenvalue weighted by molar-refractivity contribution is 6.30. The third-order valence-corrected chi connectivity index (χ3v) is 4.01. The molecule has 3 aromatic rings. The van der Waals surface area contributed by atoms with Crippen LogP contribution in [0.4, 0.5) is 5.95 Å². The van der Waals surface area contributed by atoms with Gasteiger partial charge in [-0.25, -0.2) is 19.9 Å². The summed E-state index contributed by atoms with van der Waals surface area (Å²) in [4.78, 5) is 19.4. The van der Waals surface area contributed by atoms with Gasteiger partial charge < -0.3 is 9.73 Å². The van der Waals surface area contributed by atoms with Crippen LogP contribution >= 0.6 is 11.6 Å². The van der Waals surface area contributed by atoms with Gasteiger partial charge in [0.1, 0.15) is 0 Å². The Bertz CT molecular complexity index is 903. The van der Waals surface area contributed by atoms with E-state index < -0.39 is 5.76 Å². The van der Waals surface area contributed by atoms with Crippen LogP contribution in [0.15, 0.2) is 39.8 Å². The molecule has 7 nitrogen and oxygen atoms in total. The van der Waals surface area contributed by atoms with E-state index in [4.69, 9.17) is 16.0 Å². The number of anilines is 1. The maximum atomic E-state index is 10.9. The number of benzene rings is 1. The van der Waals surface area contributed by atoms with Crippen LogP contribution in [0.3, 0.4) is 0 Å². The molecule has 2 heterocycles. The lowest BCUT2D eigenvalue weighted by atomic mass is 10.1. The summed E-state index contributed by atoms with van der Waals surface area (Å²) in [7, 11) is 0. The van der Waals surface area contributed by atoms with E-state index in [-0.39, 0.29) is 11.9 Å². The fourth-order valence-electron chi connectivity index (χ4n) is 2.74. The van der Waals surface area contributed by atoms with Crippen LogP contribution < -0.4 is 11.1 Å². The smallest absolute Gasteiger partial charge is 0.388 e. The summed E-state index contributed by atoms with van der Waals surface area (Å²) in [6, 6.07) is 6.20. The largest absolute Gasteiger partial charge is 0.434 e. The molecule has 0 fully saturated rings. The average molecular weight is 330 g/mol. The Morgan fingerprint density at radius 2 is 2.00 bits per heavy atom. The van der Waals surface area contributed by atoms with E-state index in [1.807, 2.05) is 12.1 Å². The molecule has 0 saturated heterocycles. The Morgan fingerprint density at radius 3 is 2.74 bits per heavy atom. The molecule has 0 spiro atoms. The molecule has 0 saturated carbocycles. The molecule has 0 bridgehead atoms. The van der Waals surface area contributed by atoms with Crippen molar-refractivity contribution in [3.05, 3.63) is 57.3 Å². The summed E-state index contributed by atoms with van der Waals surface area (Å²) in [6.45, 7) is 0. The van der Waals surface area contributed by atoms with Crippen LogP contribution in [-0.2, 0) is 12.8 Å². The first-order chi connectivity index (χ1) is 11.2. The highest BCUT2D eigenvalue weighted by Crippen LogP contribution is 2.26. The normalized spacial score (nSPS) is 16.3. The molecule has 1 unspecified atom stereocenters. The summed E-state index contributed by atoms with van der Waals surface area (Å²) >= 11 is 6.02. The number of halogens is 1. The first kappa shape index (κ1) is 14.0. The highest BCUT2D eigenvalue weighted by Gasteiger charge is 2.22. The molecule has 0 aliphatic heterocycles. The van der Waals surface area contributed by atoms with Gasteiger partial charge >= 0.3 is 5.76 Å². The molecule has 1 aliphatic rings. The number of aromatic amines is 1. The number of H-pyrrole nitrogens is 1. The fourth-order valence-corrected chi connectivity index (χ4v) is 2.93. The molecule has 0 radical (unpaired) electrons. The lowest BCUT2D eigenvalue weighted by Gasteiger charge is -2.11. The number of rotatable bonds is 3. The van der Waals surface area contributed by atoms with Crippen LogP contribution in [0, 0.1) is 0 Å². The minimum atomic E-state index is -0.607. The number of nitrogens with zero attached hydrogens (tertiary/aromatic N) is 3. The van der Waals surface area contributed by atoms with Crippen molar-refractivity contribution in [2.75, 3.05) is 5.32 Å².